The fraction of sp³-hybridized carbons (Fsp3) is 0.143. The molecule has 1 aromatic heterocycles. The van der Waals surface area contributed by atoms with Gasteiger partial charge in [-0.1, -0.05) is 18.2 Å². The van der Waals surface area contributed by atoms with Crippen molar-refractivity contribution in [2.45, 2.75) is 13.8 Å². The quantitative estimate of drug-likeness (QED) is 0.702. The number of ether oxygens (including phenoxy) is 1. The fourth-order valence-electron chi connectivity index (χ4n) is 2.68. The number of nitriles is 1. The smallest absolute Gasteiger partial charge is 0.274 e. The summed E-state index contributed by atoms with van der Waals surface area (Å²) in [6, 6.07) is 16.1. The highest BCUT2D eigenvalue weighted by atomic mass is 16.5. The molecule has 0 atom stereocenters. The molecule has 3 rings (SSSR count). The van der Waals surface area contributed by atoms with Gasteiger partial charge in [0.05, 0.1) is 24.0 Å². The third-order valence-electron chi connectivity index (χ3n) is 3.98. The molecule has 140 valence electrons. The van der Waals surface area contributed by atoms with Gasteiger partial charge < -0.3 is 15.4 Å². The number of hydrogen-bond donors (Lipinski definition) is 2. The van der Waals surface area contributed by atoms with E-state index in [0.717, 1.165) is 11.3 Å². The first kappa shape index (κ1) is 18.9. The Kier molecular flexibility index (Phi) is 5.51. The lowest BCUT2D eigenvalue weighted by Crippen LogP contribution is -2.16. The maximum atomic E-state index is 12.7. The molecule has 7 nitrogen and oxygen atoms in total. The van der Waals surface area contributed by atoms with Crippen molar-refractivity contribution in [3.05, 3.63) is 71.2 Å². The molecule has 0 bridgehead atoms. The maximum Gasteiger partial charge on any atom is 0.274 e. The molecule has 1 amide bonds. The second kappa shape index (κ2) is 8.18. The molecule has 28 heavy (non-hydrogen) atoms. The lowest BCUT2D eigenvalue weighted by atomic mass is 10.2. The summed E-state index contributed by atoms with van der Waals surface area (Å²) in [5, 5.41) is 15.1. The SMILES string of the molecule is COc1ccc(C)cc1Nc1cc(C(=O)Nc2ccccc2C#N)nc(C)n1. The van der Waals surface area contributed by atoms with Gasteiger partial charge in [0.25, 0.3) is 5.91 Å². The van der Waals surface area contributed by atoms with E-state index in [1.54, 1.807) is 44.4 Å². The van der Waals surface area contributed by atoms with Crippen LogP contribution in [0, 0.1) is 25.2 Å². The molecule has 0 aliphatic carbocycles. The van der Waals surface area contributed by atoms with Crippen molar-refractivity contribution in [2.75, 3.05) is 17.7 Å². The minimum Gasteiger partial charge on any atom is -0.495 e. The van der Waals surface area contributed by atoms with Crippen LogP contribution in [0.4, 0.5) is 17.2 Å². The van der Waals surface area contributed by atoms with Gasteiger partial charge in [0.2, 0.25) is 0 Å². The van der Waals surface area contributed by atoms with Crippen LogP contribution in [0.15, 0.2) is 48.5 Å². The van der Waals surface area contributed by atoms with E-state index in [0.29, 0.717) is 28.6 Å². The standard InChI is InChI=1S/C21H19N5O2/c1-13-8-9-19(28-3)17(10-13)25-20-11-18(23-14(2)24-20)21(27)26-16-7-5-4-6-15(16)12-22/h4-11H,1-3H3,(H,26,27)(H,23,24,25). The van der Waals surface area contributed by atoms with Gasteiger partial charge in [-0.3, -0.25) is 4.79 Å². The molecule has 1 heterocycles. The number of para-hydroxylation sites is 1. The summed E-state index contributed by atoms with van der Waals surface area (Å²) in [5.41, 5.74) is 2.79. The fourth-order valence-corrected chi connectivity index (χ4v) is 2.68. The molecule has 0 aliphatic rings. The van der Waals surface area contributed by atoms with Crippen LogP contribution in [-0.4, -0.2) is 23.0 Å². The van der Waals surface area contributed by atoms with Crippen molar-refractivity contribution >= 4 is 23.1 Å². The van der Waals surface area contributed by atoms with Gasteiger partial charge in [-0.2, -0.15) is 5.26 Å². The number of aromatic nitrogens is 2. The average Bonchev–Trinajstić information content (AvgIpc) is 2.68. The Morgan fingerprint density at radius 3 is 2.61 bits per heavy atom. The summed E-state index contributed by atoms with van der Waals surface area (Å²) in [6.07, 6.45) is 0. The number of nitrogens with one attached hydrogen (secondary N) is 2. The zero-order valence-electron chi connectivity index (χ0n) is 15.8. The molecule has 0 saturated carbocycles. The summed E-state index contributed by atoms with van der Waals surface area (Å²) < 4.78 is 5.37. The van der Waals surface area contributed by atoms with E-state index in [9.17, 15) is 10.1 Å². The molecule has 0 unspecified atom stereocenters. The molecule has 0 radical (unpaired) electrons. The van der Waals surface area contributed by atoms with E-state index in [1.807, 2.05) is 25.1 Å². The number of aryl methyl sites for hydroxylation is 2. The van der Waals surface area contributed by atoms with Gasteiger partial charge in [-0.15, -0.1) is 0 Å². The van der Waals surface area contributed by atoms with Crippen LogP contribution in [-0.2, 0) is 0 Å². The van der Waals surface area contributed by atoms with Gasteiger partial charge >= 0.3 is 0 Å². The highest BCUT2D eigenvalue weighted by molar-refractivity contribution is 6.04. The van der Waals surface area contributed by atoms with Gasteiger partial charge in [-0.05, 0) is 43.7 Å². The Bertz CT molecular complexity index is 1070. The number of benzene rings is 2. The molecule has 0 aliphatic heterocycles. The van der Waals surface area contributed by atoms with Crippen LogP contribution in [0.1, 0.15) is 27.4 Å². The van der Waals surface area contributed by atoms with E-state index >= 15 is 0 Å². The van der Waals surface area contributed by atoms with E-state index in [-0.39, 0.29) is 5.69 Å². The number of anilines is 3. The Labute approximate surface area is 163 Å². The molecule has 3 aromatic rings. The van der Waals surface area contributed by atoms with E-state index in [1.165, 1.54) is 0 Å². The zero-order chi connectivity index (χ0) is 20.1. The Balaban J connectivity index is 1.88. The maximum absolute atomic E-state index is 12.7. The number of hydrogen-bond acceptors (Lipinski definition) is 6. The van der Waals surface area contributed by atoms with Crippen LogP contribution in [0.2, 0.25) is 0 Å². The predicted molar refractivity (Wildman–Crippen MR) is 107 cm³/mol. The highest BCUT2D eigenvalue weighted by Gasteiger charge is 2.14. The lowest BCUT2D eigenvalue weighted by molar-refractivity contribution is 0.102. The van der Waals surface area contributed by atoms with Crippen molar-refractivity contribution in [3.8, 4) is 11.8 Å². The summed E-state index contributed by atoms with van der Waals surface area (Å²) in [7, 11) is 1.59. The zero-order valence-corrected chi connectivity index (χ0v) is 15.8. The van der Waals surface area contributed by atoms with Crippen molar-refractivity contribution in [3.63, 3.8) is 0 Å². The van der Waals surface area contributed by atoms with E-state index in [4.69, 9.17) is 4.74 Å². The summed E-state index contributed by atoms with van der Waals surface area (Å²) in [6.45, 7) is 3.68. The molecule has 0 fully saturated rings. The van der Waals surface area contributed by atoms with Crippen molar-refractivity contribution in [1.82, 2.24) is 9.97 Å². The largest absolute Gasteiger partial charge is 0.495 e. The highest BCUT2D eigenvalue weighted by Crippen LogP contribution is 2.28. The predicted octanol–water partition coefficient (Wildman–Crippen LogP) is 3.97. The lowest BCUT2D eigenvalue weighted by Gasteiger charge is -2.13. The van der Waals surface area contributed by atoms with Crippen molar-refractivity contribution in [2.24, 2.45) is 0 Å². The Hall–Kier alpha value is -3.92. The number of rotatable bonds is 5. The minimum atomic E-state index is -0.424. The van der Waals surface area contributed by atoms with Crippen molar-refractivity contribution < 1.29 is 9.53 Å². The monoisotopic (exact) mass is 373 g/mol. The molecule has 2 aromatic carbocycles. The first-order chi connectivity index (χ1) is 13.5. The Morgan fingerprint density at radius 2 is 1.86 bits per heavy atom. The molecule has 7 heteroatoms. The number of amides is 1. The molecule has 0 saturated heterocycles. The first-order valence-corrected chi connectivity index (χ1v) is 8.58. The summed E-state index contributed by atoms with van der Waals surface area (Å²) in [4.78, 5) is 21.2. The normalized spacial score (nSPS) is 10.1. The van der Waals surface area contributed by atoms with Gasteiger partial charge in [0, 0.05) is 6.07 Å². The molecule has 2 N–H and O–H groups in total. The van der Waals surface area contributed by atoms with E-state index < -0.39 is 5.91 Å². The second-order valence-electron chi connectivity index (χ2n) is 6.13. The van der Waals surface area contributed by atoms with E-state index in [2.05, 4.69) is 26.7 Å². The third kappa shape index (κ3) is 4.24. The van der Waals surface area contributed by atoms with Crippen LogP contribution in [0.5, 0.6) is 5.75 Å². The molecular formula is C21H19N5O2. The minimum absolute atomic E-state index is 0.189. The number of carbonyl (C=O) groups excluding carboxylic acids is 1. The van der Waals surface area contributed by atoms with Gasteiger partial charge in [0.15, 0.2) is 0 Å². The van der Waals surface area contributed by atoms with Crippen LogP contribution in [0.25, 0.3) is 0 Å². The third-order valence-corrected chi connectivity index (χ3v) is 3.98. The van der Waals surface area contributed by atoms with Crippen LogP contribution >= 0.6 is 0 Å². The van der Waals surface area contributed by atoms with Crippen LogP contribution in [0.3, 0.4) is 0 Å². The first-order valence-electron chi connectivity index (χ1n) is 8.58. The average molecular weight is 373 g/mol. The van der Waals surface area contributed by atoms with Crippen LogP contribution < -0.4 is 15.4 Å². The molecule has 0 spiro atoms. The number of nitrogens with zero attached hydrogens (tertiary/aromatic N) is 3. The topological polar surface area (TPSA) is 99.9 Å². The second-order valence-corrected chi connectivity index (χ2v) is 6.13. The number of carbonyl (C=O) groups is 1. The van der Waals surface area contributed by atoms with Crippen molar-refractivity contribution in [1.29, 1.82) is 5.26 Å². The summed E-state index contributed by atoms with van der Waals surface area (Å²) in [5.74, 6) is 1.15. The van der Waals surface area contributed by atoms with Gasteiger partial charge in [-0.25, -0.2) is 9.97 Å². The Morgan fingerprint density at radius 1 is 1.07 bits per heavy atom. The van der Waals surface area contributed by atoms with Gasteiger partial charge in [0.1, 0.15) is 29.2 Å². The summed E-state index contributed by atoms with van der Waals surface area (Å²) >= 11 is 0. The number of methoxy groups -OCH3 is 1. The molecular weight excluding hydrogens is 354 g/mol.